The number of benzene rings is 1. The molecule has 0 bridgehead atoms. The van der Waals surface area contributed by atoms with Crippen molar-refractivity contribution in [1.29, 1.82) is 0 Å². The van der Waals surface area contributed by atoms with Crippen molar-refractivity contribution in [3.8, 4) is 0 Å². The molecule has 2 nitrogen and oxygen atoms in total. The summed E-state index contributed by atoms with van der Waals surface area (Å²) in [6.45, 7) is 8.76. The number of carbonyl (C=O) groups is 1. The van der Waals surface area contributed by atoms with E-state index in [1.165, 1.54) is 5.56 Å². The van der Waals surface area contributed by atoms with E-state index < -0.39 is 5.54 Å². The zero-order valence-electron chi connectivity index (χ0n) is 10.6. The highest BCUT2D eigenvalue weighted by atomic mass is 16.1. The van der Waals surface area contributed by atoms with Crippen LogP contribution in [-0.4, -0.2) is 17.9 Å². The molecule has 0 amide bonds. The number of Topliss-reactive ketones (excluding diaryl/α,β-unsaturated/α-hetero) is 1. The first-order valence-corrected chi connectivity index (χ1v) is 5.90. The van der Waals surface area contributed by atoms with Crippen LogP contribution in [-0.2, 0) is 6.42 Å². The van der Waals surface area contributed by atoms with Gasteiger partial charge in [-0.2, -0.15) is 0 Å². The Hall–Kier alpha value is -1.15. The normalized spacial score (nSPS) is 11.5. The first kappa shape index (κ1) is 12.9. The molecule has 88 valence electrons. The van der Waals surface area contributed by atoms with Gasteiger partial charge in [-0.3, -0.25) is 4.79 Å². The summed E-state index contributed by atoms with van der Waals surface area (Å²) >= 11 is 0. The van der Waals surface area contributed by atoms with Crippen LogP contribution in [0.1, 0.15) is 43.6 Å². The number of rotatable bonds is 5. The standard InChI is InChI=1S/C14H21NO/c1-5-11-7-9-12(10-8-11)13(16)14(3,4)15-6-2/h7-10,15H,5-6H2,1-4H3. The Morgan fingerprint density at radius 1 is 1.19 bits per heavy atom. The third-order valence-corrected chi connectivity index (χ3v) is 2.81. The molecule has 16 heavy (non-hydrogen) atoms. The molecule has 0 saturated carbocycles. The van der Waals surface area contributed by atoms with Crippen molar-refractivity contribution in [2.24, 2.45) is 0 Å². The van der Waals surface area contributed by atoms with E-state index in [4.69, 9.17) is 0 Å². The van der Waals surface area contributed by atoms with Gasteiger partial charge in [0.15, 0.2) is 5.78 Å². The molecule has 0 saturated heterocycles. The van der Waals surface area contributed by atoms with Gasteiger partial charge in [0, 0.05) is 5.56 Å². The van der Waals surface area contributed by atoms with Gasteiger partial charge >= 0.3 is 0 Å². The summed E-state index contributed by atoms with van der Waals surface area (Å²) in [5, 5.41) is 3.20. The molecule has 0 spiro atoms. The lowest BCUT2D eigenvalue weighted by Gasteiger charge is -2.24. The molecule has 0 aliphatic carbocycles. The van der Waals surface area contributed by atoms with Gasteiger partial charge in [-0.15, -0.1) is 0 Å². The Kier molecular flexibility index (Phi) is 4.25. The van der Waals surface area contributed by atoms with Gasteiger partial charge in [0.25, 0.3) is 0 Å². The molecule has 0 fully saturated rings. The minimum Gasteiger partial charge on any atom is -0.305 e. The third kappa shape index (κ3) is 2.92. The predicted octanol–water partition coefficient (Wildman–Crippen LogP) is 2.82. The minimum atomic E-state index is -0.484. The van der Waals surface area contributed by atoms with Crippen LogP contribution in [0.2, 0.25) is 0 Å². The number of ketones is 1. The summed E-state index contributed by atoms with van der Waals surface area (Å²) in [7, 11) is 0. The van der Waals surface area contributed by atoms with Crippen molar-refractivity contribution >= 4 is 5.78 Å². The van der Waals surface area contributed by atoms with E-state index in [0.29, 0.717) is 0 Å². The number of aryl methyl sites for hydroxylation is 1. The van der Waals surface area contributed by atoms with Crippen molar-refractivity contribution in [3.05, 3.63) is 35.4 Å². The van der Waals surface area contributed by atoms with Crippen LogP contribution in [0.5, 0.6) is 0 Å². The highest BCUT2D eigenvalue weighted by Crippen LogP contribution is 2.14. The van der Waals surface area contributed by atoms with Crippen LogP contribution in [0, 0.1) is 0 Å². The largest absolute Gasteiger partial charge is 0.305 e. The molecule has 0 aliphatic heterocycles. The van der Waals surface area contributed by atoms with Gasteiger partial charge in [0.05, 0.1) is 5.54 Å². The number of hydrogen-bond acceptors (Lipinski definition) is 2. The summed E-state index contributed by atoms with van der Waals surface area (Å²) in [5.41, 5.74) is 1.56. The van der Waals surface area contributed by atoms with Crippen LogP contribution >= 0.6 is 0 Å². The fraction of sp³-hybridized carbons (Fsp3) is 0.500. The Balaban J connectivity index is 2.87. The Morgan fingerprint density at radius 3 is 2.19 bits per heavy atom. The fourth-order valence-corrected chi connectivity index (χ4v) is 1.77. The highest BCUT2D eigenvalue weighted by Gasteiger charge is 2.26. The molecule has 0 radical (unpaired) electrons. The lowest BCUT2D eigenvalue weighted by Crippen LogP contribution is -2.46. The van der Waals surface area contributed by atoms with E-state index in [-0.39, 0.29) is 5.78 Å². The van der Waals surface area contributed by atoms with Crippen molar-refractivity contribution in [1.82, 2.24) is 5.32 Å². The van der Waals surface area contributed by atoms with Gasteiger partial charge in [-0.1, -0.05) is 38.1 Å². The zero-order chi connectivity index (χ0) is 12.2. The molecule has 0 heterocycles. The van der Waals surface area contributed by atoms with E-state index in [9.17, 15) is 4.79 Å². The summed E-state index contributed by atoms with van der Waals surface area (Å²) < 4.78 is 0. The Morgan fingerprint density at radius 2 is 1.75 bits per heavy atom. The maximum atomic E-state index is 12.2. The summed E-state index contributed by atoms with van der Waals surface area (Å²) in [6, 6.07) is 7.88. The molecule has 0 aromatic heterocycles. The van der Waals surface area contributed by atoms with E-state index >= 15 is 0 Å². The SMILES string of the molecule is CCNC(C)(C)C(=O)c1ccc(CC)cc1. The van der Waals surface area contributed by atoms with E-state index in [1.54, 1.807) is 0 Å². The molecule has 1 N–H and O–H groups in total. The lowest BCUT2D eigenvalue weighted by molar-refractivity contribution is 0.0884. The molecule has 0 atom stereocenters. The fourth-order valence-electron chi connectivity index (χ4n) is 1.77. The topological polar surface area (TPSA) is 29.1 Å². The highest BCUT2D eigenvalue weighted by molar-refractivity contribution is 6.02. The molecule has 1 rings (SSSR count). The maximum absolute atomic E-state index is 12.2. The quantitative estimate of drug-likeness (QED) is 0.772. The smallest absolute Gasteiger partial charge is 0.182 e. The van der Waals surface area contributed by atoms with Crippen LogP contribution in [0.15, 0.2) is 24.3 Å². The third-order valence-electron chi connectivity index (χ3n) is 2.81. The van der Waals surface area contributed by atoms with E-state index in [1.807, 2.05) is 45.0 Å². The Bertz CT molecular complexity index is 352. The second kappa shape index (κ2) is 5.26. The molecule has 2 heteroatoms. The first-order valence-electron chi connectivity index (χ1n) is 5.90. The predicted molar refractivity (Wildman–Crippen MR) is 67.9 cm³/mol. The first-order chi connectivity index (χ1) is 7.51. The second-order valence-electron chi connectivity index (χ2n) is 4.53. The maximum Gasteiger partial charge on any atom is 0.182 e. The summed E-state index contributed by atoms with van der Waals surface area (Å²) in [6.07, 6.45) is 1.01. The lowest BCUT2D eigenvalue weighted by atomic mass is 9.92. The van der Waals surface area contributed by atoms with Crippen LogP contribution < -0.4 is 5.32 Å². The molecule has 1 aromatic rings. The van der Waals surface area contributed by atoms with Crippen molar-refractivity contribution < 1.29 is 4.79 Å². The zero-order valence-corrected chi connectivity index (χ0v) is 10.6. The van der Waals surface area contributed by atoms with Gasteiger partial charge in [0.1, 0.15) is 0 Å². The van der Waals surface area contributed by atoms with E-state index in [0.717, 1.165) is 18.5 Å². The van der Waals surface area contributed by atoms with Gasteiger partial charge in [0.2, 0.25) is 0 Å². The van der Waals surface area contributed by atoms with Crippen molar-refractivity contribution in [3.63, 3.8) is 0 Å². The Labute approximate surface area is 98.1 Å². The number of hydrogen-bond donors (Lipinski definition) is 1. The molecule has 0 aliphatic rings. The van der Waals surface area contributed by atoms with Gasteiger partial charge in [-0.25, -0.2) is 0 Å². The molecular formula is C14H21NO. The average molecular weight is 219 g/mol. The second-order valence-corrected chi connectivity index (χ2v) is 4.53. The molecular weight excluding hydrogens is 198 g/mol. The number of likely N-dealkylation sites (N-methyl/N-ethyl adjacent to an activating group) is 1. The molecule has 0 unspecified atom stereocenters. The van der Waals surface area contributed by atoms with Crippen LogP contribution in [0.25, 0.3) is 0 Å². The van der Waals surface area contributed by atoms with Crippen molar-refractivity contribution in [2.45, 2.75) is 39.7 Å². The van der Waals surface area contributed by atoms with Crippen LogP contribution in [0.4, 0.5) is 0 Å². The average Bonchev–Trinajstić information content (AvgIpc) is 2.28. The van der Waals surface area contributed by atoms with Crippen LogP contribution in [0.3, 0.4) is 0 Å². The molecule has 1 aromatic carbocycles. The number of carbonyl (C=O) groups excluding carboxylic acids is 1. The minimum absolute atomic E-state index is 0.150. The number of nitrogens with one attached hydrogen (secondary N) is 1. The summed E-state index contributed by atoms with van der Waals surface area (Å²) in [4.78, 5) is 12.2. The van der Waals surface area contributed by atoms with Crippen molar-refractivity contribution in [2.75, 3.05) is 6.54 Å². The monoisotopic (exact) mass is 219 g/mol. The van der Waals surface area contributed by atoms with Gasteiger partial charge in [-0.05, 0) is 32.4 Å². The van der Waals surface area contributed by atoms with Gasteiger partial charge < -0.3 is 5.32 Å². The van der Waals surface area contributed by atoms with E-state index in [2.05, 4.69) is 12.2 Å². The summed E-state index contributed by atoms with van der Waals surface area (Å²) in [5.74, 6) is 0.150.